The molecule has 0 amide bonds. The highest BCUT2D eigenvalue weighted by molar-refractivity contribution is 14.0. The summed E-state index contributed by atoms with van der Waals surface area (Å²) in [7, 11) is 1.79. The van der Waals surface area contributed by atoms with Crippen LogP contribution in [0.25, 0.3) is 0 Å². The van der Waals surface area contributed by atoms with E-state index in [0.29, 0.717) is 18.5 Å². The van der Waals surface area contributed by atoms with Crippen molar-refractivity contribution in [2.24, 2.45) is 4.99 Å². The van der Waals surface area contributed by atoms with Gasteiger partial charge in [0.2, 0.25) is 5.88 Å². The van der Waals surface area contributed by atoms with Gasteiger partial charge >= 0.3 is 0 Å². The van der Waals surface area contributed by atoms with Crippen molar-refractivity contribution in [1.29, 1.82) is 0 Å². The Hall–Kier alpha value is -1.05. The van der Waals surface area contributed by atoms with E-state index in [1.54, 1.807) is 7.05 Å². The molecule has 0 atom stereocenters. The molecule has 2 rings (SSSR count). The third kappa shape index (κ3) is 6.97. The van der Waals surface area contributed by atoms with Gasteiger partial charge < -0.3 is 15.4 Å². The number of hydrogen-bond donors (Lipinski definition) is 2. The number of nitrogens with zero attached hydrogens (tertiary/aromatic N) is 2. The summed E-state index contributed by atoms with van der Waals surface area (Å²) in [6.45, 7) is 6.74. The van der Waals surface area contributed by atoms with Crippen LogP contribution in [0.5, 0.6) is 5.88 Å². The molecule has 6 heteroatoms. The minimum Gasteiger partial charge on any atom is -0.472 e. The van der Waals surface area contributed by atoms with Crippen molar-refractivity contribution in [3.8, 4) is 5.88 Å². The molecule has 0 aromatic carbocycles. The Morgan fingerprint density at radius 2 is 2.10 bits per heavy atom. The minimum atomic E-state index is -0.219. The lowest BCUT2D eigenvalue weighted by molar-refractivity contribution is 0.124. The largest absolute Gasteiger partial charge is 0.472 e. The lowest BCUT2D eigenvalue weighted by Crippen LogP contribution is -2.38. The standard InChI is InChI=1S/C15H24N4O.HI/c1-15(2,3)20-13-8-5-11(9-17-13)10-18-14(16-4)19-12-6-7-12;/h5,8-9,12H,6-7,10H2,1-4H3,(H2,16,18,19);1H. The van der Waals surface area contributed by atoms with Crippen molar-refractivity contribution in [3.05, 3.63) is 23.9 Å². The SMILES string of the molecule is CN=C(NCc1ccc(OC(C)(C)C)nc1)NC1CC1.I. The Kier molecular flexibility index (Phi) is 6.70. The van der Waals surface area contributed by atoms with Crippen molar-refractivity contribution in [2.45, 2.75) is 51.8 Å². The van der Waals surface area contributed by atoms with Gasteiger partial charge in [-0.15, -0.1) is 24.0 Å². The fourth-order valence-corrected chi connectivity index (χ4v) is 1.69. The quantitative estimate of drug-likeness (QED) is 0.460. The number of nitrogens with one attached hydrogen (secondary N) is 2. The number of aliphatic imine (C=N–C) groups is 1. The molecule has 0 saturated heterocycles. The van der Waals surface area contributed by atoms with Gasteiger partial charge in [0.1, 0.15) is 5.60 Å². The molecule has 0 spiro atoms. The molecule has 1 heterocycles. The average molecular weight is 404 g/mol. The average Bonchev–Trinajstić information content (AvgIpc) is 3.18. The van der Waals surface area contributed by atoms with Crippen LogP contribution in [-0.2, 0) is 6.54 Å². The van der Waals surface area contributed by atoms with Crippen LogP contribution < -0.4 is 15.4 Å². The molecule has 1 fully saturated rings. The second kappa shape index (κ2) is 7.82. The second-order valence-electron chi connectivity index (χ2n) is 6.06. The van der Waals surface area contributed by atoms with Crippen LogP contribution in [0.15, 0.2) is 23.3 Å². The molecule has 0 aliphatic heterocycles. The molecule has 0 bridgehead atoms. The number of guanidine groups is 1. The van der Waals surface area contributed by atoms with Crippen molar-refractivity contribution in [2.75, 3.05) is 7.05 Å². The lowest BCUT2D eigenvalue weighted by atomic mass is 10.2. The van der Waals surface area contributed by atoms with Gasteiger partial charge in [0.25, 0.3) is 0 Å². The van der Waals surface area contributed by atoms with Gasteiger partial charge in [-0.1, -0.05) is 6.07 Å². The molecule has 1 aliphatic carbocycles. The molecule has 118 valence electrons. The Morgan fingerprint density at radius 1 is 1.38 bits per heavy atom. The molecule has 21 heavy (non-hydrogen) atoms. The zero-order valence-corrected chi connectivity index (χ0v) is 15.5. The van der Waals surface area contributed by atoms with Crippen LogP contribution >= 0.6 is 24.0 Å². The van der Waals surface area contributed by atoms with Crippen molar-refractivity contribution in [3.63, 3.8) is 0 Å². The number of rotatable bonds is 4. The summed E-state index contributed by atoms with van der Waals surface area (Å²) in [5.41, 5.74) is 0.883. The third-order valence-corrected chi connectivity index (χ3v) is 2.81. The highest BCUT2D eigenvalue weighted by Gasteiger charge is 2.22. The number of hydrogen-bond acceptors (Lipinski definition) is 3. The Labute approximate surface area is 144 Å². The topological polar surface area (TPSA) is 58.5 Å². The minimum absolute atomic E-state index is 0. The van der Waals surface area contributed by atoms with Crippen molar-refractivity contribution >= 4 is 29.9 Å². The third-order valence-electron chi connectivity index (χ3n) is 2.81. The van der Waals surface area contributed by atoms with E-state index in [9.17, 15) is 0 Å². The maximum absolute atomic E-state index is 5.70. The van der Waals surface area contributed by atoms with Crippen LogP contribution in [0.2, 0.25) is 0 Å². The summed E-state index contributed by atoms with van der Waals surface area (Å²) in [5.74, 6) is 1.50. The first-order chi connectivity index (χ1) is 9.46. The van der Waals surface area contributed by atoms with Crippen LogP contribution in [0, 0.1) is 0 Å². The first kappa shape index (κ1) is 18.0. The molecule has 1 aromatic heterocycles. The second-order valence-corrected chi connectivity index (χ2v) is 6.06. The van der Waals surface area contributed by atoms with Crippen molar-refractivity contribution in [1.82, 2.24) is 15.6 Å². The van der Waals surface area contributed by atoms with Crippen LogP contribution in [0.1, 0.15) is 39.2 Å². The summed E-state index contributed by atoms with van der Waals surface area (Å²) >= 11 is 0. The lowest BCUT2D eigenvalue weighted by Gasteiger charge is -2.20. The van der Waals surface area contributed by atoms with Gasteiger partial charge in [-0.25, -0.2) is 4.98 Å². The number of ether oxygens (including phenoxy) is 1. The fraction of sp³-hybridized carbons (Fsp3) is 0.600. The number of halogens is 1. The highest BCUT2D eigenvalue weighted by Crippen LogP contribution is 2.18. The van der Waals surface area contributed by atoms with Crippen molar-refractivity contribution < 1.29 is 4.74 Å². The number of aromatic nitrogens is 1. The van der Waals surface area contributed by atoms with E-state index in [4.69, 9.17) is 4.74 Å². The summed E-state index contributed by atoms with van der Waals surface area (Å²) in [4.78, 5) is 8.52. The van der Waals surface area contributed by atoms with E-state index in [1.165, 1.54) is 12.8 Å². The summed E-state index contributed by atoms with van der Waals surface area (Å²) < 4.78 is 5.70. The predicted octanol–water partition coefficient (Wildman–Crippen LogP) is 2.70. The molecule has 1 aromatic rings. The monoisotopic (exact) mass is 404 g/mol. The fourth-order valence-electron chi connectivity index (χ4n) is 1.69. The van der Waals surface area contributed by atoms with E-state index in [-0.39, 0.29) is 29.6 Å². The van der Waals surface area contributed by atoms with E-state index >= 15 is 0 Å². The van der Waals surface area contributed by atoms with E-state index < -0.39 is 0 Å². The van der Waals surface area contributed by atoms with Gasteiger partial charge in [-0.05, 0) is 39.2 Å². The molecule has 5 nitrogen and oxygen atoms in total. The maximum atomic E-state index is 5.70. The van der Waals surface area contributed by atoms with E-state index in [0.717, 1.165) is 11.5 Å². The van der Waals surface area contributed by atoms with Crippen LogP contribution in [-0.4, -0.2) is 29.6 Å². The molecule has 1 aliphatic rings. The first-order valence-corrected chi connectivity index (χ1v) is 7.07. The normalized spacial score (nSPS) is 15.1. The summed E-state index contributed by atoms with van der Waals surface area (Å²) in [5, 5.41) is 6.63. The number of pyridine rings is 1. The highest BCUT2D eigenvalue weighted by atomic mass is 127. The van der Waals surface area contributed by atoms with Gasteiger partial charge in [0.05, 0.1) is 0 Å². The Bertz CT molecular complexity index is 464. The molecule has 1 saturated carbocycles. The molecule has 0 radical (unpaired) electrons. The molecular weight excluding hydrogens is 379 g/mol. The van der Waals surface area contributed by atoms with Gasteiger partial charge in [0, 0.05) is 31.9 Å². The van der Waals surface area contributed by atoms with Gasteiger partial charge in [-0.2, -0.15) is 0 Å². The molecule has 0 unspecified atom stereocenters. The summed E-state index contributed by atoms with van der Waals surface area (Å²) in [6, 6.07) is 4.52. The Balaban J connectivity index is 0.00000220. The van der Waals surface area contributed by atoms with Crippen LogP contribution in [0.3, 0.4) is 0 Å². The zero-order chi connectivity index (χ0) is 14.6. The molecule has 2 N–H and O–H groups in total. The first-order valence-electron chi connectivity index (χ1n) is 7.07. The van der Waals surface area contributed by atoms with Crippen LogP contribution in [0.4, 0.5) is 0 Å². The molecular formula is C15H25IN4O. The zero-order valence-electron chi connectivity index (χ0n) is 13.1. The predicted molar refractivity (Wildman–Crippen MR) is 96.4 cm³/mol. The smallest absolute Gasteiger partial charge is 0.213 e. The van der Waals surface area contributed by atoms with E-state index in [2.05, 4.69) is 20.6 Å². The van der Waals surface area contributed by atoms with E-state index in [1.807, 2.05) is 39.1 Å². The Morgan fingerprint density at radius 3 is 2.57 bits per heavy atom. The van der Waals surface area contributed by atoms with Gasteiger partial charge in [0.15, 0.2) is 5.96 Å². The maximum Gasteiger partial charge on any atom is 0.213 e. The van der Waals surface area contributed by atoms with Gasteiger partial charge in [-0.3, -0.25) is 4.99 Å². The summed E-state index contributed by atoms with van der Waals surface area (Å²) in [6.07, 6.45) is 4.31.